The summed E-state index contributed by atoms with van der Waals surface area (Å²) in [7, 11) is 0. The molecule has 94 valence electrons. The van der Waals surface area contributed by atoms with Crippen molar-refractivity contribution in [1.82, 2.24) is 0 Å². The van der Waals surface area contributed by atoms with Crippen molar-refractivity contribution in [3.63, 3.8) is 0 Å². The van der Waals surface area contributed by atoms with Crippen LogP contribution in [0.2, 0.25) is 0 Å². The van der Waals surface area contributed by atoms with Crippen molar-refractivity contribution >= 4 is 15.9 Å². The zero-order valence-corrected chi connectivity index (χ0v) is 11.6. The number of aliphatic hydroxyl groups excluding tert-OH is 1. The summed E-state index contributed by atoms with van der Waals surface area (Å²) in [5, 5.41) is 9.81. The van der Waals surface area contributed by atoms with Crippen LogP contribution in [0, 0.1) is 11.2 Å². The Bertz CT molecular complexity index is 449. The van der Waals surface area contributed by atoms with Crippen molar-refractivity contribution in [2.24, 2.45) is 11.1 Å². The first kappa shape index (κ1) is 13.0. The number of halogens is 2. The van der Waals surface area contributed by atoms with Crippen LogP contribution in [-0.2, 0) is 5.54 Å². The van der Waals surface area contributed by atoms with Gasteiger partial charge in [-0.05, 0) is 36.5 Å². The Hall–Kier alpha value is -0.450. The summed E-state index contributed by atoms with van der Waals surface area (Å²) in [6.07, 6.45) is 0.524. The molecule has 0 radical (unpaired) electrons. The van der Waals surface area contributed by atoms with E-state index in [2.05, 4.69) is 15.9 Å². The van der Waals surface area contributed by atoms with E-state index in [4.69, 9.17) is 5.73 Å². The quantitative estimate of drug-likeness (QED) is 0.838. The Morgan fingerprint density at radius 2 is 2.06 bits per heavy atom. The highest BCUT2D eigenvalue weighted by Gasteiger charge is 2.52. The fourth-order valence-electron chi connectivity index (χ4n) is 2.81. The molecule has 1 fully saturated rings. The Morgan fingerprint density at radius 3 is 2.59 bits per heavy atom. The summed E-state index contributed by atoms with van der Waals surface area (Å²) < 4.78 is 14.8. The van der Waals surface area contributed by atoms with E-state index in [1.54, 1.807) is 12.1 Å². The fraction of sp³-hybridized carbons (Fsp3) is 0.538. The summed E-state index contributed by atoms with van der Waals surface area (Å²) in [6.45, 7) is 3.95. The van der Waals surface area contributed by atoms with E-state index in [1.807, 2.05) is 13.8 Å². The average Bonchev–Trinajstić information content (AvgIpc) is 2.40. The maximum Gasteiger partial charge on any atom is 0.128 e. The minimum absolute atomic E-state index is 0.308. The van der Waals surface area contributed by atoms with Gasteiger partial charge in [-0.1, -0.05) is 29.8 Å². The topological polar surface area (TPSA) is 46.2 Å². The van der Waals surface area contributed by atoms with Gasteiger partial charge < -0.3 is 10.8 Å². The Labute approximate surface area is 109 Å². The molecule has 0 heterocycles. The Morgan fingerprint density at radius 1 is 1.41 bits per heavy atom. The molecule has 0 spiro atoms. The molecule has 1 aromatic carbocycles. The van der Waals surface area contributed by atoms with Crippen LogP contribution < -0.4 is 5.73 Å². The van der Waals surface area contributed by atoms with Gasteiger partial charge in [0.1, 0.15) is 5.82 Å². The number of hydrogen-bond acceptors (Lipinski definition) is 2. The third-order valence-electron chi connectivity index (χ3n) is 3.92. The second-order valence-corrected chi connectivity index (χ2v) is 6.46. The molecular weight excluding hydrogens is 285 g/mol. The van der Waals surface area contributed by atoms with Crippen molar-refractivity contribution in [2.75, 3.05) is 0 Å². The molecule has 0 aromatic heterocycles. The molecule has 0 aliphatic heterocycles. The molecule has 1 aliphatic carbocycles. The molecule has 0 bridgehead atoms. The van der Waals surface area contributed by atoms with Crippen molar-refractivity contribution in [3.8, 4) is 0 Å². The van der Waals surface area contributed by atoms with Crippen LogP contribution in [0.1, 0.15) is 32.3 Å². The molecule has 1 aliphatic rings. The van der Waals surface area contributed by atoms with Crippen molar-refractivity contribution in [2.45, 2.75) is 38.3 Å². The van der Waals surface area contributed by atoms with Crippen LogP contribution >= 0.6 is 15.9 Å². The summed E-state index contributed by atoms with van der Waals surface area (Å²) in [4.78, 5) is 0. The van der Waals surface area contributed by atoms with Crippen molar-refractivity contribution in [1.29, 1.82) is 0 Å². The maximum atomic E-state index is 14.0. The van der Waals surface area contributed by atoms with Gasteiger partial charge in [-0.15, -0.1) is 0 Å². The molecule has 0 amide bonds. The number of benzene rings is 1. The monoisotopic (exact) mass is 301 g/mol. The molecule has 4 heteroatoms. The van der Waals surface area contributed by atoms with E-state index in [1.165, 1.54) is 6.07 Å². The van der Waals surface area contributed by atoms with Crippen LogP contribution in [0.15, 0.2) is 22.7 Å². The zero-order chi connectivity index (χ0) is 12.8. The fourth-order valence-corrected chi connectivity index (χ4v) is 3.17. The predicted molar refractivity (Wildman–Crippen MR) is 69.0 cm³/mol. The normalized spacial score (nSPS) is 31.8. The number of hydrogen-bond donors (Lipinski definition) is 2. The molecule has 17 heavy (non-hydrogen) atoms. The molecule has 1 unspecified atom stereocenters. The summed E-state index contributed by atoms with van der Waals surface area (Å²) in [6, 6.07) is 4.78. The van der Waals surface area contributed by atoms with Crippen LogP contribution in [-0.4, -0.2) is 11.2 Å². The summed E-state index contributed by atoms with van der Waals surface area (Å²) in [5.74, 6) is -0.308. The van der Waals surface area contributed by atoms with Gasteiger partial charge in [0.15, 0.2) is 0 Å². The molecule has 1 saturated carbocycles. The van der Waals surface area contributed by atoms with Crippen LogP contribution in [0.3, 0.4) is 0 Å². The second-order valence-electron chi connectivity index (χ2n) is 5.54. The lowest BCUT2D eigenvalue weighted by Crippen LogP contribution is -2.46. The first-order chi connectivity index (χ1) is 7.76. The second kappa shape index (κ2) is 4.04. The lowest BCUT2D eigenvalue weighted by atomic mass is 9.71. The van der Waals surface area contributed by atoms with E-state index in [0.717, 1.165) is 4.47 Å². The van der Waals surface area contributed by atoms with Gasteiger partial charge in [-0.2, -0.15) is 0 Å². The minimum atomic E-state index is -0.819. The van der Waals surface area contributed by atoms with Gasteiger partial charge >= 0.3 is 0 Å². The van der Waals surface area contributed by atoms with Crippen LogP contribution in [0.4, 0.5) is 4.39 Å². The molecule has 2 atom stereocenters. The molecule has 2 rings (SSSR count). The third kappa shape index (κ3) is 2.02. The van der Waals surface area contributed by atoms with Crippen LogP contribution in [0.25, 0.3) is 0 Å². The van der Waals surface area contributed by atoms with Crippen molar-refractivity contribution in [3.05, 3.63) is 34.1 Å². The Kier molecular flexibility index (Phi) is 3.09. The van der Waals surface area contributed by atoms with E-state index in [9.17, 15) is 9.50 Å². The highest BCUT2D eigenvalue weighted by molar-refractivity contribution is 9.10. The van der Waals surface area contributed by atoms with Gasteiger partial charge in [-0.25, -0.2) is 4.39 Å². The number of nitrogens with two attached hydrogens (primary N) is 1. The zero-order valence-electron chi connectivity index (χ0n) is 10.0. The summed E-state index contributed by atoms with van der Waals surface area (Å²) in [5.41, 5.74) is 5.73. The van der Waals surface area contributed by atoms with E-state index < -0.39 is 11.6 Å². The van der Waals surface area contributed by atoms with Gasteiger partial charge in [0.05, 0.1) is 11.6 Å². The number of aliphatic hydroxyl groups is 1. The number of rotatable bonds is 1. The molecule has 1 aromatic rings. The lowest BCUT2D eigenvalue weighted by molar-refractivity contribution is 0.168. The molecule has 2 nitrogen and oxygen atoms in total. The highest BCUT2D eigenvalue weighted by atomic mass is 79.9. The van der Waals surface area contributed by atoms with Gasteiger partial charge in [0.2, 0.25) is 0 Å². The van der Waals surface area contributed by atoms with E-state index in [0.29, 0.717) is 18.4 Å². The smallest absolute Gasteiger partial charge is 0.128 e. The average molecular weight is 302 g/mol. The highest BCUT2D eigenvalue weighted by Crippen LogP contribution is 2.51. The maximum absolute atomic E-state index is 14.0. The standard InChI is InChI=1S/C13H17BrFNO/c1-12(2)6-9(17)7-13(12,16)10-5-8(14)3-4-11(10)15/h3-5,9,17H,6-7,16H2,1-2H3/t9?,13-/m1/s1. The minimum Gasteiger partial charge on any atom is -0.393 e. The largest absolute Gasteiger partial charge is 0.393 e. The van der Waals surface area contributed by atoms with Gasteiger partial charge in [0.25, 0.3) is 0 Å². The van der Waals surface area contributed by atoms with E-state index in [-0.39, 0.29) is 11.2 Å². The predicted octanol–water partition coefficient (Wildman–Crippen LogP) is 2.92. The lowest BCUT2D eigenvalue weighted by Gasteiger charge is -2.38. The third-order valence-corrected chi connectivity index (χ3v) is 4.41. The van der Waals surface area contributed by atoms with E-state index >= 15 is 0 Å². The molecule has 0 saturated heterocycles. The first-order valence-electron chi connectivity index (χ1n) is 5.69. The van der Waals surface area contributed by atoms with Gasteiger partial charge in [-0.3, -0.25) is 0 Å². The van der Waals surface area contributed by atoms with Crippen molar-refractivity contribution < 1.29 is 9.50 Å². The molecular formula is C13H17BrFNO. The Balaban J connectivity index is 2.55. The molecule has 3 N–H and O–H groups in total. The van der Waals surface area contributed by atoms with Gasteiger partial charge in [0, 0.05) is 10.0 Å². The van der Waals surface area contributed by atoms with Crippen LogP contribution in [0.5, 0.6) is 0 Å². The summed E-state index contributed by atoms with van der Waals surface area (Å²) >= 11 is 3.34. The first-order valence-corrected chi connectivity index (χ1v) is 6.48. The SMILES string of the molecule is CC1(C)CC(O)C[C@@]1(N)c1cc(Br)ccc1F.